The fraction of sp³-hybridized carbons (Fsp3) is 0.0323. The Morgan fingerprint density at radius 3 is 2.40 bits per heavy atom. The number of halogens is 2. The number of para-hydroxylation sites is 1. The summed E-state index contributed by atoms with van der Waals surface area (Å²) in [5.74, 6) is -0.0516. The number of hydrogen-bond donors (Lipinski definition) is 0. The summed E-state index contributed by atoms with van der Waals surface area (Å²) < 4.78 is 36.1. The molecule has 0 atom stereocenters. The first kappa shape index (κ1) is 26.1. The molecule has 5 aromatic rings. The number of carbonyl (C=O) groups is 1. The Morgan fingerprint density at radius 1 is 0.825 bits per heavy atom. The molecule has 1 aliphatic rings. The van der Waals surface area contributed by atoms with Crippen LogP contribution >= 0.6 is 23.2 Å². The van der Waals surface area contributed by atoms with Crippen LogP contribution in [0.1, 0.15) is 21.5 Å². The van der Waals surface area contributed by atoms with Crippen molar-refractivity contribution in [3.05, 3.63) is 136 Å². The Kier molecular flexibility index (Phi) is 6.80. The first-order valence-electron chi connectivity index (χ1n) is 12.3. The second kappa shape index (κ2) is 10.4. The number of nitrogens with zero attached hydrogens (tertiary/aromatic N) is 2. The molecule has 0 aliphatic carbocycles. The van der Waals surface area contributed by atoms with Crippen LogP contribution in [0.3, 0.4) is 0 Å². The molecule has 0 saturated heterocycles. The maximum Gasteiger partial charge on any atom is 0.345 e. The highest BCUT2D eigenvalue weighted by atomic mass is 35.5. The molecule has 5 aromatic carbocycles. The number of carbonyl (C=O) groups excluding carboxylic acids is 1. The maximum absolute atomic E-state index is 13.1. The van der Waals surface area contributed by atoms with Gasteiger partial charge in [0.15, 0.2) is 5.84 Å². The minimum absolute atomic E-state index is 0.146. The van der Waals surface area contributed by atoms with E-state index in [0.29, 0.717) is 21.9 Å². The van der Waals surface area contributed by atoms with Gasteiger partial charge in [-0.05, 0) is 47.9 Å². The predicted molar refractivity (Wildman–Crippen MR) is 158 cm³/mol. The smallest absolute Gasteiger partial charge is 0.345 e. The van der Waals surface area contributed by atoms with Crippen LogP contribution < -0.4 is 9.64 Å². The SMILES string of the molecule is O=C(Oc1ccccc1CN(C1=NS(=O)(=O)c2ccccc21)c1cccc2ccccc12)c1ccc(Cl)cc1Cl. The van der Waals surface area contributed by atoms with Crippen LogP contribution in [0.4, 0.5) is 5.69 Å². The van der Waals surface area contributed by atoms with Gasteiger partial charge in [-0.25, -0.2) is 4.79 Å². The zero-order valence-electron chi connectivity index (χ0n) is 20.8. The normalized spacial score (nSPS) is 13.5. The molecule has 1 aliphatic heterocycles. The van der Waals surface area contributed by atoms with Gasteiger partial charge in [0.1, 0.15) is 10.6 Å². The quantitative estimate of drug-likeness (QED) is 0.157. The molecule has 0 spiro atoms. The molecule has 6 nitrogen and oxygen atoms in total. The highest BCUT2D eigenvalue weighted by Gasteiger charge is 2.33. The van der Waals surface area contributed by atoms with E-state index < -0.39 is 16.0 Å². The lowest BCUT2D eigenvalue weighted by Gasteiger charge is -2.27. The van der Waals surface area contributed by atoms with Crippen molar-refractivity contribution < 1.29 is 17.9 Å². The summed E-state index contributed by atoms with van der Waals surface area (Å²) in [6, 6.07) is 32.0. The summed E-state index contributed by atoms with van der Waals surface area (Å²) in [6.45, 7) is 0.161. The number of benzene rings is 5. The van der Waals surface area contributed by atoms with Gasteiger partial charge < -0.3 is 9.64 Å². The lowest BCUT2D eigenvalue weighted by atomic mass is 10.1. The van der Waals surface area contributed by atoms with Crippen molar-refractivity contribution in [2.45, 2.75) is 11.4 Å². The lowest BCUT2D eigenvalue weighted by molar-refractivity contribution is 0.0733. The summed E-state index contributed by atoms with van der Waals surface area (Å²) in [7, 11) is -3.89. The van der Waals surface area contributed by atoms with Gasteiger partial charge in [-0.15, -0.1) is 4.40 Å². The molecule has 0 unspecified atom stereocenters. The fourth-order valence-electron chi connectivity index (χ4n) is 4.72. The molecular formula is C31H20Cl2N2O4S. The van der Waals surface area contributed by atoms with E-state index in [-0.39, 0.29) is 27.9 Å². The van der Waals surface area contributed by atoms with Crippen molar-refractivity contribution >= 4 is 61.5 Å². The maximum atomic E-state index is 13.1. The summed E-state index contributed by atoms with van der Waals surface area (Å²) in [5, 5.41) is 2.48. The van der Waals surface area contributed by atoms with Gasteiger partial charge in [-0.3, -0.25) is 0 Å². The molecule has 0 saturated carbocycles. The van der Waals surface area contributed by atoms with Gasteiger partial charge in [0.05, 0.1) is 22.8 Å². The van der Waals surface area contributed by atoms with Crippen LogP contribution in [0.25, 0.3) is 10.8 Å². The zero-order chi connectivity index (χ0) is 27.9. The van der Waals surface area contributed by atoms with E-state index in [1.807, 2.05) is 59.5 Å². The summed E-state index contributed by atoms with van der Waals surface area (Å²) in [6.07, 6.45) is 0. The monoisotopic (exact) mass is 586 g/mol. The highest BCUT2D eigenvalue weighted by molar-refractivity contribution is 7.90. The van der Waals surface area contributed by atoms with E-state index in [9.17, 15) is 13.2 Å². The van der Waals surface area contributed by atoms with Gasteiger partial charge >= 0.3 is 5.97 Å². The number of ether oxygens (including phenoxy) is 1. The first-order chi connectivity index (χ1) is 19.3. The third kappa shape index (κ3) is 4.84. The molecule has 9 heteroatoms. The molecule has 0 bridgehead atoms. The van der Waals surface area contributed by atoms with Crippen molar-refractivity contribution in [2.75, 3.05) is 4.90 Å². The van der Waals surface area contributed by atoms with Gasteiger partial charge in [0.25, 0.3) is 10.0 Å². The Morgan fingerprint density at radius 2 is 1.55 bits per heavy atom. The summed E-state index contributed by atoms with van der Waals surface area (Å²) >= 11 is 12.2. The molecule has 198 valence electrons. The van der Waals surface area contributed by atoms with Crippen LogP contribution in [0, 0.1) is 0 Å². The standard InChI is InChI=1S/C31H20Cl2N2O4S/c32-22-16-17-24(26(33)18-22)31(36)39-28-14-5-2-9-21(28)19-35(27-13-7-10-20-8-1-3-11-23(20)27)30-25-12-4-6-15-29(25)40(37,38)34-30/h1-18H,19H2. The fourth-order valence-corrected chi connectivity index (χ4v) is 6.41. The molecule has 0 amide bonds. The molecule has 40 heavy (non-hydrogen) atoms. The lowest BCUT2D eigenvalue weighted by Crippen LogP contribution is -2.31. The van der Waals surface area contributed by atoms with E-state index >= 15 is 0 Å². The number of esters is 1. The Balaban J connectivity index is 1.46. The largest absolute Gasteiger partial charge is 0.423 e. The minimum atomic E-state index is -3.89. The van der Waals surface area contributed by atoms with Gasteiger partial charge in [-0.1, -0.05) is 89.9 Å². The molecule has 0 radical (unpaired) electrons. The number of fused-ring (bicyclic) bond motifs is 2. The van der Waals surface area contributed by atoms with E-state index in [2.05, 4.69) is 4.40 Å². The van der Waals surface area contributed by atoms with Gasteiger partial charge in [0.2, 0.25) is 0 Å². The van der Waals surface area contributed by atoms with Crippen molar-refractivity contribution in [2.24, 2.45) is 4.40 Å². The molecule has 0 fully saturated rings. The number of hydrogen-bond acceptors (Lipinski definition) is 5. The van der Waals surface area contributed by atoms with Crippen LogP contribution in [-0.2, 0) is 16.6 Å². The van der Waals surface area contributed by atoms with Crippen molar-refractivity contribution in [3.8, 4) is 5.75 Å². The molecule has 0 N–H and O–H groups in total. The Hall–Kier alpha value is -4.17. The molecule has 6 rings (SSSR count). The molecule has 0 aromatic heterocycles. The number of amidine groups is 1. The average molecular weight is 587 g/mol. The van der Waals surface area contributed by atoms with Crippen LogP contribution in [0.5, 0.6) is 5.75 Å². The number of anilines is 1. The van der Waals surface area contributed by atoms with Crippen LogP contribution in [-0.4, -0.2) is 20.2 Å². The van der Waals surface area contributed by atoms with Crippen LogP contribution in [0.15, 0.2) is 118 Å². The Bertz CT molecular complexity index is 1930. The van der Waals surface area contributed by atoms with Crippen LogP contribution in [0.2, 0.25) is 10.0 Å². The summed E-state index contributed by atoms with van der Waals surface area (Å²) in [5.41, 5.74) is 2.06. The number of rotatable bonds is 5. The van der Waals surface area contributed by atoms with Gasteiger partial charge in [-0.2, -0.15) is 8.42 Å². The average Bonchev–Trinajstić information content (AvgIpc) is 3.22. The Labute approximate surface area is 241 Å². The third-order valence-electron chi connectivity index (χ3n) is 6.58. The predicted octanol–water partition coefficient (Wildman–Crippen LogP) is 7.52. The highest BCUT2D eigenvalue weighted by Crippen LogP contribution is 2.36. The first-order valence-corrected chi connectivity index (χ1v) is 14.5. The molecule has 1 heterocycles. The van der Waals surface area contributed by atoms with E-state index in [4.69, 9.17) is 27.9 Å². The van der Waals surface area contributed by atoms with Gasteiger partial charge in [0, 0.05) is 21.5 Å². The second-order valence-electron chi connectivity index (χ2n) is 9.09. The molecular weight excluding hydrogens is 567 g/mol. The second-order valence-corrected chi connectivity index (χ2v) is 11.5. The van der Waals surface area contributed by atoms with Crippen molar-refractivity contribution in [1.82, 2.24) is 0 Å². The van der Waals surface area contributed by atoms with Crippen molar-refractivity contribution in [3.63, 3.8) is 0 Å². The van der Waals surface area contributed by atoms with E-state index in [1.165, 1.54) is 12.1 Å². The summed E-state index contributed by atoms with van der Waals surface area (Å²) in [4.78, 5) is 15.1. The topological polar surface area (TPSA) is 76.0 Å². The van der Waals surface area contributed by atoms with E-state index in [0.717, 1.165) is 16.5 Å². The zero-order valence-corrected chi connectivity index (χ0v) is 23.1. The van der Waals surface area contributed by atoms with Crippen molar-refractivity contribution in [1.29, 1.82) is 0 Å². The van der Waals surface area contributed by atoms with E-state index in [1.54, 1.807) is 42.5 Å². The number of sulfonamides is 1. The third-order valence-corrected chi connectivity index (χ3v) is 8.45. The minimum Gasteiger partial charge on any atom is -0.423 e.